The van der Waals surface area contributed by atoms with Crippen molar-refractivity contribution < 1.29 is 22.4 Å². The number of hydrogen-bond acceptors (Lipinski definition) is 5. The third-order valence-electron chi connectivity index (χ3n) is 17.2. The van der Waals surface area contributed by atoms with Gasteiger partial charge in [-0.05, 0) is 119 Å². The van der Waals surface area contributed by atoms with E-state index in [0.717, 1.165) is 36.1 Å². The van der Waals surface area contributed by atoms with Crippen LogP contribution < -0.4 is 0 Å². The van der Waals surface area contributed by atoms with Crippen LogP contribution >= 0.6 is 0 Å². The second-order valence-electron chi connectivity index (χ2n) is 27.4. The van der Waals surface area contributed by atoms with E-state index in [1.54, 1.807) is 0 Å². The molecule has 71 heavy (non-hydrogen) atoms. The van der Waals surface area contributed by atoms with E-state index in [-0.39, 0.29) is 50.3 Å². The molecule has 0 aromatic heterocycles. The zero-order chi connectivity index (χ0) is 54.1. The monoisotopic (exact) mass is 1040 g/mol. The summed E-state index contributed by atoms with van der Waals surface area (Å²) < 4.78 is 36.5. The van der Waals surface area contributed by atoms with Crippen LogP contribution in [0.4, 0.5) is 0 Å². The maximum absolute atomic E-state index is 7.53. The first-order chi connectivity index (χ1) is 32.4. The van der Waals surface area contributed by atoms with Gasteiger partial charge in [-0.3, -0.25) is 0 Å². The summed E-state index contributed by atoms with van der Waals surface area (Å²) in [6.45, 7) is 57.9. The van der Waals surface area contributed by atoms with Gasteiger partial charge in [-0.15, -0.1) is 0 Å². The van der Waals surface area contributed by atoms with E-state index in [0.29, 0.717) is 18.4 Å². The summed E-state index contributed by atoms with van der Waals surface area (Å²) in [6, 6.07) is 31.9. The van der Waals surface area contributed by atoms with Gasteiger partial charge in [0.2, 0.25) is 0 Å². The summed E-state index contributed by atoms with van der Waals surface area (Å²) in [5.74, 6) is 1.03. The zero-order valence-electron chi connectivity index (χ0n) is 49.9. The van der Waals surface area contributed by atoms with Gasteiger partial charge in [0, 0.05) is 13.0 Å². The summed E-state index contributed by atoms with van der Waals surface area (Å²) >= 11 is 0. The average Bonchev–Trinajstić information content (AvgIpc) is 3.25. The number of ether oxygens (including phenoxy) is 1. The Balaban J connectivity index is 2.08. The first-order valence-corrected chi connectivity index (χ1v) is 38.8. The van der Waals surface area contributed by atoms with Gasteiger partial charge in [0.15, 0.2) is 33.3 Å². The van der Waals surface area contributed by atoms with Crippen molar-refractivity contribution in [3.8, 4) is 0 Å². The standard InChI is InChI=1S/C62H106O5Si4/c1-48(47-64-68(17,18)58(5,6)7)45-51(4)57(67-71(23,24)61(14,15)16)50(3)42-43-55(65-69(19,20)59(8,9)10)46-56(66-70(21,22)60(11,12)13)49(2)35-34-44-63-62(52-36-28-25-29-37-52,53-38-30-26-31-39-53)54-40-32-27-33-41-54/h25-43,48-51,55-57H,44-47H2,1-24H3/b35-34+,43-42-/t48-,49-,50+,51+,55-,56+,57+/m1/s1. The van der Waals surface area contributed by atoms with Crippen LogP contribution in [0.5, 0.6) is 0 Å². The largest absolute Gasteiger partial charge is 0.417 e. The van der Waals surface area contributed by atoms with Gasteiger partial charge >= 0.3 is 0 Å². The summed E-state index contributed by atoms with van der Waals surface area (Å²) in [6.07, 6.45) is 11.0. The molecule has 3 aromatic carbocycles. The Morgan fingerprint density at radius 1 is 0.451 bits per heavy atom. The van der Waals surface area contributed by atoms with Crippen molar-refractivity contribution >= 4 is 33.3 Å². The van der Waals surface area contributed by atoms with E-state index in [4.69, 9.17) is 22.4 Å². The van der Waals surface area contributed by atoms with E-state index in [1.165, 1.54) is 0 Å². The van der Waals surface area contributed by atoms with E-state index >= 15 is 0 Å². The fraction of sp³-hybridized carbons (Fsp3) is 0.645. The van der Waals surface area contributed by atoms with Gasteiger partial charge in [-0.1, -0.05) is 226 Å². The van der Waals surface area contributed by atoms with Crippen LogP contribution in [-0.4, -0.2) is 64.8 Å². The summed E-state index contributed by atoms with van der Waals surface area (Å²) in [5, 5.41) is 0.355. The van der Waals surface area contributed by atoms with Crippen LogP contribution in [-0.2, 0) is 28.0 Å². The van der Waals surface area contributed by atoms with Crippen molar-refractivity contribution in [2.45, 2.75) is 220 Å². The highest BCUT2D eigenvalue weighted by Gasteiger charge is 2.45. The lowest BCUT2D eigenvalue weighted by molar-refractivity contribution is 0.0314. The van der Waals surface area contributed by atoms with E-state index in [9.17, 15) is 0 Å². The summed E-state index contributed by atoms with van der Waals surface area (Å²) in [7, 11) is -8.44. The maximum atomic E-state index is 7.53. The molecule has 0 saturated carbocycles. The van der Waals surface area contributed by atoms with Crippen LogP contribution in [0.25, 0.3) is 0 Å². The molecule has 0 spiro atoms. The molecule has 0 fully saturated rings. The van der Waals surface area contributed by atoms with Crippen LogP contribution in [0, 0.1) is 23.7 Å². The molecule has 3 aromatic rings. The van der Waals surface area contributed by atoms with Crippen molar-refractivity contribution in [1.29, 1.82) is 0 Å². The Bertz CT molecular complexity index is 1970. The van der Waals surface area contributed by atoms with Crippen LogP contribution in [0.1, 0.15) is 140 Å². The Morgan fingerprint density at radius 2 is 0.845 bits per heavy atom. The van der Waals surface area contributed by atoms with Crippen LogP contribution in [0.3, 0.4) is 0 Å². The molecule has 0 aliphatic carbocycles. The highest BCUT2D eigenvalue weighted by atomic mass is 28.4. The lowest BCUT2D eigenvalue weighted by atomic mass is 9.80. The smallest absolute Gasteiger partial charge is 0.192 e. The molecule has 0 aliphatic rings. The van der Waals surface area contributed by atoms with Crippen molar-refractivity contribution in [2.24, 2.45) is 23.7 Å². The lowest BCUT2D eigenvalue weighted by Gasteiger charge is -2.44. The molecule has 7 atom stereocenters. The summed E-state index contributed by atoms with van der Waals surface area (Å²) in [4.78, 5) is 0. The summed E-state index contributed by atoms with van der Waals surface area (Å²) in [5.41, 5.74) is 2.50. The molecular weight excluding hydrogens is 937 g/mol. The predicted molar refractivity (Wildman–Crippen MR) is 319 cm³/mol. The SMILES string of the molecule is C[C@@H](CO[Si](C)(C)C(C)(C)C)C[C@H](C)[C@@H](O[Si](C)(C)C(C)(C)C)[C@@H](C)/C=C\[C@H](C[C@H](O[Si](C)(C)C(C)(C)C)[C@H](C)/C=C/COC(c1ccccc1)(c1ccccc1)c1ccccc1)O[Si](C)(C)C(C)(C)C. The molecule has 0 saturated heterocycles. The van der Waals surface area contributed by atoms with Crippen LogP contribution in [0.15, 0.2) is 115 Å². The average molecular weight is 1040 g/mol. The zero-order valence-corrected chi connectivity index (χ0v) is 53.9. The molecule has 0 unspecified atom stereocenters. The molecule has 0 amide bonds. The van der Waals surface area contributed by atoms with E-state index in [1.807, 2.05) is 0 Å². The van der Waals surface area contributed by atoms with Crippen molar-refractivity contribution in [3.63, 3.8) is 0 Å². The minimum Gasteiger partial charge on any atom is -0.417 e. The normalized spacial score (nSPS) is 17.3. The van der Waals surface area contributed by atoms with Gasteiger partial charge in [0.1, 0.15) is 5.60 Å². The third kappa shape index (κ3) is 17.4. The van der Waals surface area contributed by atoms with Gasteiger partial charge in [0.05, 0.1) is 24.9 Å². The molecule has 0 bridgehead atoms. The molecule has 5 nitrogen and oxygen atoms in total. The Hall–Kier alpha value is -2.19. The Labute approximate surface area is 442 Å². The minimum absolute atomic E-state index is 0.0376. The molecule has 0 radical (unpaired) electrons. The molecule has 3 rings (SSSR count). The number of benzene rings is 3. The van der Waals surface area contributed by atoms with Gasteiger partial charge in [-0.2, -0.15) is 0 Å². The quantitative estimate of drug-likeness (QED) is 0.0481. The molecule has 0 heterocycles. The first-order valence-electron chi connectivity index (χ1n) is 27.2. The van der Waals surface area contributed by atoms with E-state index < -0.39 is 38.9 Å². The Kier molecular flexibility index (Phi) is 22.3. The Morgan fingerprint density at radius 3 is 1.25 bits per heavy atom. The van der Waals surface area contributed by atoms with Crippen molar-refractivity contribution in [1.82, 2.24) is 0 Å². The fourth-order valence-corrected chi connectivity index (χ4v) is 13.6. The molecule has 9 heteroatoms. The molecule has 400 valence electrons. The predicted octanol–water partition coefficient (Wildman–Crippen LogP) is 18.6. The first kappa shape index (κ1) is 63.1. The second-order valence-corrected chi connectivity index (χ2v) is 46.5. The number of rotatable bonds is 25. The molecule has 0 N–H and O–H groups in total. The van der Waals surface area contributed by atoms with Crippen molar-refractivity contribution in [2.75, 3.05) is 13.2 Å². The van der Waals surface area contributed by atoms with Gasteiger partial charge in [-0.25, -0.2) is 0 Å². The fourth-order valence-electron chi connectivity index (χ4n) is 8.28. The molecular formula is C62H106O5Si4. The van der Waals surface area contributed by atoms with E-state index in [2.05, 4.69) is 278 Å². The van der Waals surface area contributed by atoms with Gasteiger partial charge < -0.3 is 22.4 Å². The maximum Gasteiger partial charge on any atom is 0.192 e. The highest BCUT2D eigenvalue weighted by molar-refractivity contribution is 6.75. The molecule has 0 aliphatic heterocycles. The second kappa shape index (κ2) is 25.1. The topological polar surface area (TPSA) is 46.2 Å². The lowest BCUT2D eigenvalue weighted by Crippen LogP contribution is -2.48. The van der Waals surface area contributed by atoms with Crippen molar-refractivity contribution in [3.05, 3.63) is 132 Å². The van der Waals surface area contributed by atoms with Crippen LogP contribution in [0.2, 0.25) is 72.5 Å². The minimum atomic E-state index is -2.23. The third-order valence-corrected chi connectivity index (χ3v) is 35.2. The number of hydrogen-bond donors (Lipinski definition) is 0. The van der Waals surface area contributed by atoms with Gasteiger partial charge in [0.25, 0.3) is 0 Å². The highest BCUT2D eigenvalue weighted by Crippen LogP contribution is 2.44.